The molecular weight excluding hydrogens is 568 g/mol. The van der Waals surface area contributed by atoms with Crippen LogP contribution in [-0.2, 0) is 30.5 Å². The Kier molecular flexibility index (Phi) is 7.95. The molecule has 1 aliphatic rings. The minimum Gasteiger partial charge on any atom is -0.460 e. The molecule has 0 radical (unpaired) electrons. The van der Waals surface area contributed by atoms with E-state index in [2.05, 4.69) is 15.2 Å². The van der Waals surface area contributed by atoms with Crippen molar-refractivity contribution >= 4 is 43.3 Å². The molecule has 4 aromatic rings. The number of esters is 1. The van der Waals surface area contributed by atoms with Crippen LogP contribution in [-0.4, -0.2) is 78.5 Å². The van der Waals surface area contributed by atoms with Gasteiger partial charge in [-0.1, -0.05) is 18.2 Å². The van der Waals surface area contributed by atoms with E-state index < -0.39 is 26.7 Å². The highest BCUT2D eigenvalue weighted by Gasteiger charge is 2.34. The van der Waals surface area contributed by atoms with Gasteiger partial charge < -0.3 is 18.8 Å². The van der Waals surface area contributed by atoms with Crippen LogP contribution in [0.3, 0.4) is 0 Å². The number of ether oxygens (including phenoxy) is 2. The second-order valence-electron chi connectivity index (χ2n) is 10.7. The van der Waals surface area contributed by atoms with E-state index in [-0.39, 0.29) is 29.1 Å². The Hall–Kier alpha value is -3.68. The molecule has 13 heteroatoms. The smallest absolute Gasteiger partial charge is 0.315 e. The number of thiazole rings is 1. The van der Waals surface area contributed by atoms with E-state index in [4.69, 9.17) is 13.9 Å². The number of morpholine rings is 1. The molecule has 5 rings (SSSR count). The van der Waals surface area contributed by atoms with Gasteiger partial charge >= 0.3 is 5.97 Å². The van der Waals surface area contributed by atoms with Crippen LogP contribution in [0, 0.1) is 0 Å². The van der Waals surface area contributed by atoms with Crippen molar-refractivity contribution in [2.24, 2.45) is 0 Å². The number of sulfone groups is 1. The number of amides is 1. The molecule has 1 unspecified atom stereocenters. The highest BCUT2D eigenvalue weighted by Crippen LogP contribution is 2.36. The van der Waals surface area contributed by atoms with E-state index in [9.17, 15) is 18.0 Å². The molecule has 11 nitrogen and oxygen atoms in total. The largest absolute Gasteiger partial charge is 0.460 e. The first kappa shape index (κ1) is 28.8. The summed E-state index contributed by atoms with van der Waals surface area (Å²) in [5.74, 6) is -0.785. The molecule has 2 aromatic heterocycles. The van der Waals surface area contributed by atoms with Gasteiger partial charge in [0.2, 0.25) is 11.8 Å². The van der Waals surface area contributed by atoms with Crippen molar-refractivity contribution in [1.29, 1.82) is 0 Å². The summed E-state index contributed by atoms with van der Waals surface area (Å²) >= 11 is 1.21. The average molecular weight is 599 g/mol. The summed E-state index contributed by atoms with van der Waals surface area (Å²) in [5, 5.41) is 6.78. The highest BCUT2D eigenvalue weighted by molar-refractivity contribution is 7.91. The van der Waals surface area contributed by atoms with E-state index in [1.165, 1.54) is 11.3 Å². The first-order chi connectivity index (χ1) is 19.4. The van der Waals surface area contributed by atoms with Gasteiger partial charge in [-0.15, -0.1) is 21.5 Å². The summed E-state index contributed by atoms with van der Waals surface area (Å²) in [7, 11) is -3.76. The molecule has 3 heterocycles. The molecule has 1 amide bonds. The quantitative estimate of drug-likeness (QED) is 0.288. The maximum atomic E-state index is 12.8. The molecule has 0 saturated carbocycles. The highest BCUT2D eigenvalue weighted by atomic mass is 32.2. The zero-order valence-corrected chi connectivity index (χ0v) is 24.8. The van der Waals surface area contributed by atoms with Gasteiger partial charge in [-0.25, -0.2) is 13.4 Å². The van der Waals surface area contributed by atoms with Gasteiger partial charge in [-0.2, -0.15) is 0 Å². The fraction of sp³-hybridized carbons (Fsp3) is 0.393. The number of aromatic nitrogens is 3. The monoisotopic (exact) mass is 598 g/mol. The first-order valence-corrected chi connectivity index (χ1v) is 15.8. The van der Waals surface area contributed by atoms with Crippen LogP contribution in [0.4, 0.5) is 0 Å². The Balaban J connectivity index is 1.38. The number of rotatable bonds is 7. The third kappa shape index (κ3) is 6.80. The van der Waals surface area contributed by atoms with Crippen LogP contribution in [0.5, 0.6) is 0 Å². The Bertz CT molecular complexity index is 1680. The van der Waals surface area contributed by atoms with Gasteiger partial charge in [0.25, 0.3) is 5.91 Å². The van der Waals surface area contributed by atoms with E-state index in [0.717, 1.165) is 22.1 Å². The van der Waals surface area contributed by atoms with E-state index in [0.29, 0.717) is 37.4 Å². The second-order valence-corrected chi connectivity index (χ2v) is 13.9. The molecule has 0 aliphatic carbocycles. The molecule has 0 bridgehead atoms. The van der Waals surface area contributed by atoms with Gasteiger partial charge in [0.05, 0.1) is 23.4 Å². The Morgan fingerprint density at radius 2 is 1.73 bits per heavy atom. The average Bonchev–Trinajstić information content (AvgIpc) is 3.53. The normalized spacial score (nSPS) is 15.2. The zero-order chi connectivity index (χ0) is 29.4. The molecule has 1 fully saturated rings. The predicted molar refractivity (Wildman–Crippen MR) is 152 cm³/mol. The molecular formula is C28H30N4O7S2. The number of carbonyl (C=O) groups excluding carboxylic acids is 2. The summed E-state index contributed by atoms with van der Waals surface area (Å²) in [6, 6.07) is 13.0. The van der Waals surface area contributed by atoms with Gasteiger partial charge in [-0.05, 0) is 56.2 Å². The minimum atomic E-state index is -3.76. The van der Waals surface area contributed by atoms with Crippen molar-refractivity contribution in [2.75, 3.05) is 32.6 Å². The third-order valence-corrected chi connectivity index (χ3v) is 8.76. The van der Waals surface area contributed by atoms with Gasteiger partial charge in [0.15, 0.2) is 15.1 Å². The lowest BCUT2D eigenvalue weighted by Gasteiger charge is -2.26. The maximum absolute atomic E-state index is 12.8. The Labute approximate surface area is 241 Å². The number of carbonyl (C=O) groups is 2. The van der Waals surface area contributed by atoms with Gasteiger partial charge in [0.1, 0.15) is 17.0 Å². The van der Waals surface area contributed by atoms with Crippen molar-refractivity contribution in [3.05, 3.63) is 64.8 Å². The zero-order valence-electron chi connectivity index (χ0n) is 23.1. The van der Waals surface area contributed by atoms with Crippen molar-refractivity contribution in [3.8, 4) is 11.1 Å². The summed E-state index contributed by atoms with van der Waals surface area (Å²) in [5.41, 5.74) is 2.35. The van der Waals surface area contributed by atoms with Crippen LogP contribution in [0.25, 0.3) is 21.3 Å². The summed E-state index contributed by atoms with van der Waals surface area (Å²) in [4.78, 5) is 31.3. The van der Waals surface area contributed by atoms with Crippen LogP contribution >= 0.6 is 11.3 Å². The summed E-state index contributed by atoms with van der Waals surface area (Å²) in [6.45, 7) is 7.46. The number of hydrogen-bond donors (Lipinski definition) is 0. The number of benzene rings is 2. The lowest BCUT2D eigenvalue weighted by Crippen LogP contribution is -2.40. The van der Waals surface area contributed by atoms with Crippen LogP contribution in [0.2, 0.25) is 0 Å². The lowest BCUT2D eigenvalue weighted by molar-refractivity contribution is -0.154. The van der Waals surface area contributed by atoms with Gasteiger partial charge in [-0.3, -0.25) is 9.59 Å². The van der Waals surface area contributed by atoms with Crippen molar-refractivity contribution in [3.63, 3.8) is 0 Å². The predicted octanol–water partition coefficient (Wildman–Crippen LogP) is 3.84. The summed E-state index contributed by atoms with van der Waals surface area (Å²) < 4.78 is 42.6. The molecule has 216 valence electrons. The van der Waals surface area contributed by atoms with Crippen molar-refractivity contribution in [2.45, 2.75) is 38.0 Å². The number of nitrogens with zero attached hydrogens (tertiary/aromatic N) is 4. The van der Waals surface area contributed by atoms with Crippen molar-refractivity contribution < 1.29 is 31.9 Å². The number of hydrogen-bond acceptors (Lipinski definition) is 11. The van der Waals surface area contributed by atoms with Gasteiger partial charge in [0, 0.05) is 24.9 Å². The molecule has 1 aliphatic heterocycles. The fourth-order valence-electron chi connectivity index (χ4n) is 4.41. The Morgan fingerprint density at radius 3 is 2.39 bits per heavy atom. The van der Waals surface area contributed by atoms with Crippen LogP contribution in [0.1, 0.15) is 53.2 Å². The molecule has 41 heavy (non-hydrogen) atoms. The third-order valence-electron chi connectivity index (χ3n) is 6.24. The standard InChI is InChI=1S/C28H30N4O7S2/c1-28(2,3)39-23(33)16-22-30-31-25(38-22)24(41(4,35)36)26-29-20-10-9-19(15-21(20)40-26)17-5-7-18(8-6-17)27(34)32-11-13-37-14-12-32/h5-10,15,24H,11-14,16H2,1-4H3. The molecule has 1 saturated heterocycles. The SMILES string of the molecule is CC(C)(C)OC(=O)Cc1nnc(C(c2nc3ccc(-c4ccc(C(=O)N5CCOCC5)cc4)cc3s2)S(C)(=O)=O)o1. The topological polar surface area (TPSA) is 142 Å². The maximum Gasteiger partial charge on any atom is 0.315 e. The molecule has 0 spiro atoms. The molecule has 2 aromatic carbocycles. The fourth-order valence-corrected chi connectivity index (χ4v) is 6.94. The second kappa shape index (κ2) is 11.3. The minimum absolute atomic E-state index is 0.0236. The first-order valence-electron chi connectivity index (χ1n) is 13.0. The van der Waals surface area contributed by atoms with Crippen LogP contribution in [0.15, 0.2) is 46.9 Å². The molecule has 0 N–H and O–H groups in total. The Morgan fingerprint density at radius 1 is 1.05 bits per heavy atom. The number of fused-ring (bicyclic) bond motifs is 1. The van der Waals surface area contributed by atoms with Crippen LogP contribution < -0.4 is 0 Å². The van der Waals surface area contributed by atoms with Crippen molar-refractivity contribution in [1.82, 2.24) is 20.1 Å². The molecule has 1 atom stereocenters. The lowest BCUT2D eigenvalue weighted by atomic mass is 10.0. The van der Waals surface area contributed by atoms with E-state index in [1.54, 1.807) is 37.8 Å². The van der Waals surface area contributed by atoms with E-state index in [1.807, 2.05) is 30.3 Å². The van der Waals surface area contributed by atoms with E-state index >= 15 is 0 Å². The summed E-state index contributed by atoms with van der Waals surface area (Å²) in [6.07, 6.45) is 0.799.